The molecule has 0 aliphatic rings. The van der Waals surface area contributed by atoms with Crippen molar-refractivity contribution < 1.29 is 13.0 Å². The van der Waals surface area contributed by atoms with Gasteiger partial charge in [-0.1, -0.05) is 36.7 Å². The molecule has 0 N–H and O–H groups in total. The van der Waals surface area contributed by atoms with Gasteiger partial charge in [0.15, 0.2) is 5.83 Å². The van der Waals surface area contributed by atoms with E-state index in [9.17, 15) is 9.00 Å². The predicted molar refractivity (Wildman–Crippen MR) is 153 cm³/mol. The Balaban J connectivity index is 1.74. The SMILES string of the molecule is C/C=C/N=C(/C(F)=C/n1c(C)cc(C(C)Cc2cnn3ccccc23)c(Cl)c1=O)c1cccc(S(C)=O)c1F. The molecule has 10 heteroatoms. The number of fused-ring (bicyclic) bond motifs is 1. The van der Waals surface area contributed by atoms with E-state index < -0.39 is 28.0 Å². The number of aryl methyl sites for hydroxylation is 1. The third-order valence-corrected chi connectivity index (χ3v) is 7.63. The Morgan fingerprint density at radius 1 is 1.26 bits per heavy atom. The first kappa shape index (κ1) is 28.3. The van der Waals surface area contributed by atoms with Crippen molar-refractivity contribution in [2.45, 2.75) is 38.0 Å². The minimum atomic E-state index is -1.63. The topological polar surface area (TPSA) is 68.7 Å². The van der Waals surface area contributed by atoms with Gasteiger partial charge in [0, 0.05) is 29.9 Å². The van der Waals surface area contributed by atoms with Crippen molar-refractivity contribution in [3.63, 3.8) is 0 Å². The van der Waals surface area contributed by atoms with E-state index in [1.807, 2.05) is 31.3 Å². The molecule has 3 heterocycles. The number of hydrogen-bond acceptors (Lipinski definition) is 4. The van der Waals surface area contributed by atoms with E-state index in [1.54, 1.807) is 36.7 Å². The molecule has 2 atom stereocenters. The molecule has 0 amide bonds. The van der Waals surface area contributed by atoms with Crippen LogP contribution in [0.15, 0.2) is 87.6 Å². The van der Waals surface area contributed by atoms with Gasteiger partial charge in [-0.05, 0) is 67.6 Å². The Bertz CT molecular complexity index is 1720. The molecular weight excluding hydrogens is 542 g/mol. The van der Waals surface area contributed by atoms with Gasteiger partial charge in [-0.3, -0.25) is 18.6 Å². The lowest BCUT2D eigenvalue weighted by molar-refractivity contribution is 0.591. The van der Waals surface area contributed by atoms with Gasteiger partial charge in [-0.2, -0.15) is 5.10 Å². The zero-order valence-electron chi connectivity index (χ0n) is 21.9. The molecule has 0 aliphatic carbocycles. The number of aliphatic imine (C=N–C) groups is 1. The third kappa shape index (κ3) is 5.84. The lowest BCUT2D eigenvalue weighted by Gasteiger charge is -2.16. The first-order chi connectivity index (χ1) is 18.6. The van der Waals surface area contributed by atoms with Crippen LogP contribution in [0.2, 0.25) is 5.02 Å². The van der Waals surface area contributed by atoms with Gasteiger partial charge in [0.2, 0.25) is 0 Å². The first-order valence-corrected chi connectivity index (χ1v) is 14.1. The summed E-state index contributed by atoms with van der Waals surface area (Å²) in [5.74, 6) is -1.93. The molecule has 4 aromatic rings. The smallest absolute Gasteiger partial charge is 0.273 e. The van der Waals surface area contributed by atoms with E-state index in [2.05, 4.69) is 10.1 Å². The van der Waals surface area contributed by atoms with Gasteiger partial charge in [0.05, 0.1) is 33.6 Å². The first-order valence-electron chi connectivity index (χ1n) is 12.2. The summed E-state index contributed by atoms with van der Waals surface area (Å²) in [5.41, 5.74) is 1.92. The van der Waals surface area contributed by atoms with Crippen LogP contribution in [0.3, 0.4) is 0 Å². The van der Waals surface area contributed by atoms with Crippen LogP contribution in [0.4, 0.5) is 8.78 Å². The molecule has 202 valence electrons. The summed E-state index contributed by atoms with van der Waals surface area (Å²) in [4.78, 5) is 17.3. The van der Waals surface area contributed by atoms with E-state index in [1.165, 1.54) is 30.7 Å². The standard InChI is InChI=1S/C29H27ClF2N4O2S/c1-5-12-33-28(21-9-8-11-25(27(21)32)39(4)38)23(31)17-35-19(3)15-22(26(30)29(35)37)18(2)14-20-16-34-36-13-7-6-10-24(20)36/h5-13,15-18H,14H2,1-4H3/b12-5+,23-17-,33-28+. The van der Waals surface area contributed by atoms with Crippen LogP contribution >= 0.6 is 11.6 Å². The zero-order valence-corrected chi connectivity index (χ0v) is 23.4. The van der Waals surface area contributed by atoms with Crippen molar-refractivity contribution in [3.8, 4) is 0 Å². The molecule has 0 fully saturated rings. The average Bonchev–Trinajstić information content (AvgIpc) is 3.32. The predicted octanol–water partition coefficient (Wildman–Crippen LogP) is 6.47. The van der Waals surface area contributed by atoms with E-state index in [-0.39, 0.29) is 27.1 Å². The molecule has 39 heavy (non-hydrogen) atoms. The highest BCUT2D eigenvalue weighted by molar-refractivity contribution is 7.84. The fraction of sp³-hybridized carbons (Fsp3) is 0.207. The minimum absolute atomic E-state index is 0.0323. The summed E-state index contributed by atoms with van der Waals surface area (Å²) in [6.45, 7) is 5.30. The number of halogens is 3. The molecule has 4 rings (SSSR count). The van der Waals surface area contributed by atoms with Crippen LogP contribution in [-0.2, 0) is 17.2 Å². The molecule has 0 spiro atoms. The van der Waals surface area contributed by atoms with Gasteiger partial charge in [0.1, 0.15) is 16.6 Å². The second-order valence-corrected chi connectivity index (χ2v) is 10.8. The number of allylic oxidation sites excluding steroid dienone is 2. The average molecular weight is 569 g/mol. The molecule has 0 bridgehead atoms. The lowest BCUT2D eigenvalue weighted by atomic mass is 9.94. The van der Waals surface area contributed by atoms with Crippen LogP contribution in [0.25, 0.3) is 11.7 Å². The molecule has 2 unspecified atom stereocenters. The molecule has 0 aliphatic heterocycles. The molecule has 0 saturated heterocycles. The molecule has 0 saturated carbocycles. The van der Waals surface area contributed by atoms with Crippen LogP contribution in [-0.4, -0.2) is 30.4 Å². The van der Waals surface area contributed by atoms with Crippen molar-refractivity contribution in [1.29, 1.82) is 0 Å². The highest BCUT2D eigenvalue weighted by Gasteiger charge is 2.21. The normalized spacial score (nSPS) is 14.3. The molecule has 6 nitrogen and oxygen atoms in total. The highest BCUT2D eigenvalue weighted by atomic mass is 35.5. The Morgan fingerprint density at radius 2 is 2.03 bits per heavy atom. The van der Waals surface area contributed by atoms with Crippen molar-refractivity contribution in [2.24, 2.45) is 4.99 Å². The summed E-state index contributed by atoms with van der Waals surface area (Å²) in [5, 5.41) is 4.33. The van der Waals surface area contributed by atoms with Crippen molar-refractivity contribution in [2.75, 3.05) is 6.26 Å². The second-order valence-electron chi connectivity index (χ2n) is 9.04. The van der Waals surface area contributed by atoms with Crippen LogP contribution in [0.5, 0.6) is 0 Å². The van der Waals surface area contributed by atoms with Crippen LogP contribution in [0.1, 0.15) is 42.1 Å². The van der Waals surface area contributed by atoms with Crippen LogP contribution in [0, 0.1) is 12.7 Å². The van der Waals surface area contributed by atoms with Crippen molar-refractivity contribution in [1.82, 2.24) is 14.2 Å². The van der Waals surface area contributed by atoms with Gasteiger partial charge in [0.25, 0.3) is 5.56 Å². The van der Waals surface area contributed by atoms with Gasteiger partial charge in [-0.25, -0.2) is 13.3 Å². The third-order valence-electron chi connectivity index (χ3n) is 6.32. The number of hydrogen-bond donors (Lipinski definition) is 0. The summed E-state index contributed by atoms with van der Waals surface area (Å²) in [7, 11) is -1.63. The summed E-state index contributed by atoms with van der Waals surface area (Å²) in [6.07, 6.45) is 9.39. The van der Waals surface area contributed by atoms with Crippen molar-refractivity contribution in [3.05, 3.63) is 117 Å². The fourth-order valence-corrected chi connectivity index (χ4v) is 5.31. The minimum Gasteiger partial charge on any atom is -0.284 e. The number of aromatic nitrogens is 3. The molecular formula is C29H27ClF2N4O2S. The van der Waals surface area contributed by atoms with Gasteiger partial charge in [-0.15, -0.1) is 0 Å². The quantitative estimate of drug-likeness (QED) is 0.229. The summed E-state index contributed by atoms with van der Waals surface area (Å²) in [6, 6.07) is 11.7. The Hall–Kier alpha value is -3.69. The highest BCUT2D eigenvalue weighted by Crippen LogP contribution is 2.28. The Kier molecular flexibility index (Phi) is 8.72. The molecule has 0 radical (unpaired) electrons. The van der Waals surface area contributed by atoms with Crippen molar-refractivity contribution >= 4 is 39.8 Å². The maximum absolute atomic E-state index is 15.7. The monoisotopic (exact) mass is 568 g/mol. The number of pyridine rings is 2. The largest absolute Gasteiger partial charge is 0.284 e. The Morgan fingerprint density at radius 3 is 2.74 bits per heavy atom. The maximum atomic E-state index is 15.7. The molecule has 3 aromatic heterocycles. The van der Waals surface area contributed by atoms with E-state index >= 15 is 8.78 Å². The van der Waals surface area contributed by atoms with Crippen LogP contribution < -0.4 is 5.56 Å². The number of benzene rings is 1. The summed E-state index contributed by atoms with van der Waals surface area (Å²) < 4.78 is 45.6. The fourth-order valence-electron chi connectivity index (χ4n) is 4.35. The van der Waals surface area contributed by atoms with Gasteiger partial charge >= 0.3 is 0 Å². The second kappa shape index (κ2) is 12.0. The molecule has 1 aromatic carbocycles. The Labute approximate surface area is 232 Å². The number of nitrogens with zero attached hydrogens (tertiary/aromatic N) is 4. The van der Waals surface area contributed by atoms with E-state index in [0.717, 1.165) is 21.8 Å². The summed E-state index contributed by atoms with van der Waals surface area (Å²) >= 11 is 6.53. The van der Waals surface area contributed by atoms with E-state index in [4.69, 9.17) is 11.6 Å². The van der Waals surface area contributed by atoms with E-state index in [0.29, 0.717) is 17.7 Å². The zero-order chi connectivity index (χ0) is 28.3. The van der Waals surface area contributed by atoms with Gasteiger partial charge < -0.3 is 0 Å². The maximum Gasteiger partial charge on any atom is 0.273 e. The number of rotatable bonds is 8. The lowest BCUT2D eigenvalue weighted by Crippen LogP contribution is -2.22.